The topological polar surface area (TPSA) is 66.2 Å². The van der Waals surface area contributed by atoms with Gasteiger partial charge in [-0.15, -0.1) is 0 Å². The number of pyridine rings is 2. The summed E-state index contributed by atoms with van der Waals surface area (Å²) < 4.78 is 1.35. The van der Waals surface area contributed by atoms with Crippen LogP contribution in [0.15, 0.2) is 49.1 Å². The van der Waals surface area contributed by atoms with Gasteiger partial charge in [0, 0.05) is 111 Å². The van der Waals surface area contributed by atoms with Crippen LogP contribution in [0.1, 0.15) is 27.7 Å². The number of nitrogens with zero attached hydrogens (tertiary/aromatic N) is 2. The van der Waals surface area contributed by atoms with E-state index in [4.69, 9.17) is 10.0 Å². The molecule has 2 N–H and O–H groups in total. The van der Waals surface area contributed by atoms with Gasteiger partial charge in [0.2, 0.25) is 0 Å². The molecule has 0 aliphatic carbocycles. The van der Waals surface area contributed by atoms with E-state index in [-0.39, 0.29) is 98.1 Å². The molecule has 0 bridgehead atoms. The SMILES string of the molecule is CC.CC.OB(O)c1ccncc1.[Sn][c]1ccncc1.[Y].[Y].[Y]. The summed E-state index contributed by atoms with van der Waals surface area (Å²) in [6, 6.07) is 7.12. The number of hydrogen-bond donors (Lipinski definition) is 2. The van der Waals surface area contributed by atoms with E-state index in [1.807, 2.05) is 52.2 Å². The van der Waals surface area contributed by atoms with Crippen LogP contribution >= 0.6 is 0 Å². The van der Waals surface area contributed by atoms with E-state index < -0.39 is 7.12 Å². The van der Waals surface area contributed by atoms with Crippen molar-refractivity contribution in [2.24, 2.45) is 0 Å². The predicted molar refractivity (Wildman–Crippen MR) is 86.4 cm³/mol. The van der Waals surface area contributed by atoms with E-state index in [0.717, 1.165) is 0 Å². The van der Waals surface area contributed by atoms with E-state index in [0.29, 0.717) is 5.46 Å². The van der Waals surface area contributed by atoms with Crippen LogP contribution in [0.4, 0.5) is 0 Å². The summed E-state index contributed by atoms with van der Waals surface area (Å²) in [6.07, 6.45) is 6.64. The van der Waals surface area contributed by atoms with Crippen molar-refractivity contribution in [3.63, 3.8) is 0 Å². The van der Waals surface area contributed by atoms with E-state index in [2.05, 4.69) is 9.97 Å². The number of rotatable bonds is 1. The van der Waals surface area contributed by atoms with Crippen LogP contribution < -0.4 is 9.04 Å². The molecule has 0 fully saturated rings. The molecule has 4 nitrogen and oxygen atoms in total. The molecule has 0 unspecified atom stereocenters. The summed E-state index contributed by atoms with van der Waals surface area (Å²) in [7, 11) is -1.38. The Bertz CT molecular complexity index is 415. The minimum Gasteiger partial charge on any atom is 0 e. The molecule has 116 valence electrons. The molecule has 2 heterocycles. The van der Waals surface area contributed by atoms with Crippen LogP contribution in [0.3, 0.4) is 0 Å². The Morgan fingerprint density at radius 3 is 1.22 bits per heavy atom. The Labute approximate surface area is 229 Å². The minimum absolute atomic E-state index is 0. The van der Waals surface area contributed by atoms with Crippen LogP contribution in [0, 0.1) is 0 Å². The van der Waals surface area contributed by atoms with Gasteiger partial charge in [-0.3, -0.25) is 4.98 Å². The quantitative estimate of drug-likeness (QED) is 0.448. The molecule has 0 aliphatic rings. The van der Waals surface area contributed by atoms with Crippen LogP contribution in [0.25, 0.3) is 0 Å². The third-order valence-electron chi connectivity index (χ3n) is 1.68. The fourth-order valence-corrected chi connectivity index (χ4v) is 1.31. The van der Waals surface area contributed by atoms with Gasteiger partial charge in [-0.1, -0.05) is 27.7 Å². The van der Waals surface area contributed by atoms with Gasteiger partial charge < -0.3 is 10.0 Å². The van der Waals surface area contributed by atoms with E-state index in [1.165, 1.54) is 38.5 Å². The maximum Gasteiger partial charge on any atom is 0 e. The summed E-state index contributed by atoms with van der Waals surface area (Å²) >= 11 is 1.45. The van der Waals surface area contributed by atoms with E-state index >= 15 is 0 Å². The third-order valence-corrected chi connectivity index (χ3v) is 2.64. The molecule has 6 radical (unpaired) electrons. The molecule has 0 saturated carbocycles. The Morgan fingerprint density at radius 2 is 1.04 bits per heavy atom. The molecular weight excluding hydrogens is 624 g/mol. The average Bonchev–Trinajstić information content (AvgIpc) is 2.53. The van der Waals surface area contributed by atoms with Crippen molar-refractivity contribution in [3.8, 4) is 0 Å². The second-order valence-corrected chi connectivity index (χ2v) is 4.54. The fraction of sp³-hybridized carbons (Fsp3) is 0.286. The van der Waals surface area contributed by atoms with Gasteiger partial charge in [0.1, 0.15) is 0 Å². The Morgan fingerprint density at radius 1 is 0.739 bits per heavy atom. The molecule has 2 aromatic heterocycles. The van der Waals surface area contributed by atoms with Crippen molar-refractivity contribution in [3.05, 3.63) is 49.1 Å². The van der Waals surface area contributed by atoms with Crippen molar-refractivity contribution < 1.29 is 108 Å². The van der Waals surface area contributed by atoms with E-state index in [9.17, 15) is 0 Å². The second-order valence-electron chi connectivity index (χ2n) is 2.89. The van der Waals surface area contributed by atoms with Crippen molar-refractivity contribution in [2.45, 2.75) is 27.7 Å². The molecule has 0 saturated heterocycles. The Balaban J connectivity index is -0.0000000705. The first-order valence-electron chi connectivity index (χ1n) is 6.58. The normalized spacial score (nSPS) is 6.74. The van der Waals surface area contributed by atoms with Crippen molar-refractivity contribution in [1.29, 1.82) is 0 Å². The summed E-state index contributed by atoms with van der Waals surface area (Å²) in [5.41, 5.74) is 0.463. The van der Waals surface area contributed by atoms with Gasteiger partial charge in [0.25, 0.3) is 0 Å². The first-order chi connectivity index (χ1) is 9.70. The zero-order chi connectivity index (χ0) is 15.8. The molecule has 0 aliphatic heterocycles. The minimum atomic E-state index is -1.38. The van der Waals surface area contributed by atoms with Crippen LogP contribution in [-0.2, 0) is 98.1 Å². The molecule has 2 rings (SSSR count). The summed E-state index contributed by atoms with van der Waals surface area (Å²) in [5.74, 6) is 0. The molecule has 9 heteroatoms. The molecular formula is C14H22BN2O2SnY3. The zero-order valence-corrected chi connectivity index (χ0v) is 25.6. The second kappa shape index (κ2) is 29.2. The first-order valence-corrected chi connectivity index (χ1v) is 8.00. The van der Waals surface area contributed by atoms with Crippen LogP contribution in [-0.4, -0.2) is 49.7 Å². The zero-order valence-electron chi connectivity index (χ0n) is 14.2. The molecule has 0 aromatic carbocycles. The largest absolute Gasteiger partial charge is 0 e. The number of aromatic nitrogens is 2. The molecule has 0 amide bonds. The van der Waals surface area contributed by atoms with Gasteiger partial charge in [-0.05, 0) is 17.6 Å². The van der Waals surface area contributed by atoms with Gasteiger partial charge in [-0.25, -0.2) is 0 Å². The average molecular weight is 647 g/mol. The summed E-state index contributed by atoms with van der Waals surface area (Å²) in [6.45, 7) is 8.00. The van der Waals surface area contributed by atoms with Gasteiger partial charge in [-0.2, -0.15) is 0 Å². The molecule has 0 spiro atoms. The predicted octanol–water partition coefficient (Wildman–Crippen LogP) is 0.682. The van der Waals surface area contributed by atoms with Crippen LogP contribution in [0.5, 0.6) is 0 Å². The fourth-order valence-electron chi connectivity index (χ4n) is 0.887. The monoisotopic (exact) mass is 648 g/mol. The number of hydrogen-bond acceptors (Lipinski definition) is 4. The Hall–Kier alpha value is 2.40. The summed E-state index contributed by atoms with van der Waals surface area (Å²) in [5, 5.41) is 17.1. The molecule has 0 atom stereocenters. The van der Waals surface area contributed by atoms with Crippen LogP contribution in [0.2, 0.25) is 0 Å². The molecule has 2 aromatic rings. The van der Waals surface area contributed by atoms with Gasteiger partial charge in [0.05, 0.1) is 0 Å². The summed E-state index contributed by atoms with van der Waals surface area (Å²) in [4.78, 5) is 7.57. The Kier molecular flexibility index (Phi) is 46.1. The van der Waals surface area contributed by atoms with Crippen molar-refractivity contribution in [2.75, 3.05) is 0 Å². The van der Waals surface area contributed by atoms with Gasteiger partial charge >= 0.3 is 62.7 Å². The maximum absolute atomic E-state index is 8.55. The first kappa shape index (κ1) is 36.3. The van der Waals surface area contributed by atoms with Crippen molar-refractivity contribution in [1.82, 2.24) is 9.97 Å². The molecule has 23 heavy (non-hydrogen) atoms. The smallest absolute Gasteiger partial charge is 0 e. The van der Waals surface area contributed by atoms with Gasteiger partial charge in [0.15, 0.2) is 0 Å². The third kappa shape index (κ3) is 24.4. The van der Waals surface area contributed by atoms with Crippen molar-refractivity contribution >= 4 is 38.7 Å². The standard InChI is InChI=1S/C5H6BNO2.C5H4N.2C2H6.Sn.3Y/c8-6(9)5-1-3-7-4-2-5;1-2-4-6-5-3-1;2*1-2;;;;/h1-4,8-9H;2-5H;2*1-2H3;;;;. The van der Waals surface area contributed by atoms with E-state index in [1.54, 1.807) is 12.1 Å². The maximum atomic E-state index is 8.55.